The molecule has 1 saturated heterocycles. The fourth-order valence-electron chi connectivity index (χ4n) is 4.47. The van der Waals surface area contributed by atoms with E-state index in [1.54, 1.807) is 10.4 Å². The zero-order chi connectivity index (χ0) is 24.7. The van der Waals surface area contributed by atoms with Crippen molar-refractivity contribution in [1.29, 1.82) is 0 Å². The van der Waals surface area contributed by atoms with E-state index in [0.717, 1.165) is 39.7 Å². The Hall–Kier alpha value is -2.88. The van der Waals surface area contributed by atoms with Gasteiger partial charge in [-0.15, -0.1) is 10.2 Å². The Morgan fingerprint density at radius 1 is 0.943 bits per heavy atom. The fourth-order valence-corrected chi connectivity index (χ4v) is 7.22. The standard InChI is InChI=1S/C26H27N5O2S2/c1-16-11-12-31(15-16)35(32,33)23-14-20(10-9-17(23)2)24-21-7-5-6-8-22(21)25(30-29-24)34-26-27-18(3)13-19(4)28-26/h5-10,13-14,16H,11-12,15H2,1-4H3. The van der Waals surface area contributed by atoms with Gasteiger partial charge in [-0.2, -0.15) is 4.31 Å². The molecule has 0 aliphatic carbocycles. The number of aromatic nitrogens is 4. The van der Waals surface area contributed by atoms with Crippen LogP contribution in [0, 0.1) is 26.7 Å². The maximum atomic E-state index is 13.4. The second-order valence-corrected chi connectivity index (χ2v) is 12.0. The van der Waals surface area contributed by atoms with Crippen LogP contribution in [0.25, 0.3) is 22.0 Å². The molecular weight excluding hydrogens is 478 g/mol. The predicted octanol–water partition coefficient (Wildman–Crippen LogP) is 5.19. The van der Waals surface area contributed by atoms with Crippen molar-refractivity contribution in [3.63, 3.8) is 0 Å². The van der Waals surface area contributed by atoms with Crippen molar-refractivity contribution >= 4 is 32.6 Å². The Morgan fingerprint density at radius 3 is 2.34 bits per heavy atom. The molecule has 3 heterocycles. The number of hydrogen-bond donors (Lipinski definition) is 0. The minimum atomic E-state index is -3.58. The number of nitrogens with zero attached hydrogens (tertiary/aromatic N) is 5. The summed E-state index contributed by atoms with van der Waals surface area (Å²) in [6.45, 7) is 8.92. The molecule has 0 N–H and O–H groups in total. The van der Waals surface area contributed by atoms with Crippen LogP contribution in [0.5, 0.6) is 0 Å². The van der Waals surface area contributed by atoms with Gasteiger partial charge in [0.2, 0.25) is 10.0 Å². The zero-order valence-corrected chi connectivity index (χ0v) is 21.8. The first-order chi connectivity index (χ1) is 16.7. The van der Waals surface area contributed by atoms with Gasteiger partial charge in [0.15, 0.2) is 5.16 Å². The lowest BCUT2D eigenvalue weighted by molar-refractivity contribution is 0.464. The van der Waals surface area contributed by atoms with Crippen molar-refractivity contribution in [3.05, 3.63) is 65.5 Å². The van der Waals surface area contributed by atoms with Crippen molar-refractivity contribution in [1.82, 2.24) is 24.5 Å². The van der Waals surface area contributed by atoms with E-state index < -0.39 is 10.0 Å². The number of rotatable bonds is 5. The molecule has 2 aromatic heterocycles. The molecule has 180 valence electrons. The Bertz CT molecular complexity index is 1520. The Kier molecular flexibility index (Phi) is 6.33. The summed E-state index contributed by atoms with van der Waals surface area (Å²) >= 11 is 1.38. The van der Waals surface area contributed by atoms with Crippen LogP contribution in [0.4, 0.5) is 0 Å². The molecule has 1 fully saturated rings. The molecule has 4 aromatic rings. The molecule has 7 nitrogen and oxygen atoms in total. The first kappa shape index (κ1) is 23.8. The van der Waals surface area contributed by atoms with Crippen LogP contribution < -0.4 is 0 Å². The molecule has 0 spiro atoms. The highest BCUT2D eigenvalue weighted by Gasteiger charge is 2.32. The molecule has 0 amide bonds. The third kappa shape index (κ3) is 4.68. The van der Waals surface area contributed by atoms with E-state index in [4.69, 9.17) is 0 Å². The average Bonchev–Trinajstić information content (AvgIpc) is 3.26. The highest BCUT2D eigenvalue weighted by Crippen LogP contribution is 2.36. The molecule has 1 unspecified atom stereocenters. The number of hydrogen-bond acceptors (Lipinski definition) is 7. The van der Waals surface area contributed by atoms with Gasteiger partial charge in [-0.25, -0.2) is 18.4 Å². The maximum Gasteiger partial charge on any atom is 0.243 e. The van der Waals surface area contributed by atoms with Crippen LogP contribution >= 0.6 is 11.8 Å². The lowest BCUT2D eigenvalue weighted by Crippen LogP contribution is -2.29. The topological polar surface area (TPSA) is 88.9 Å². The number of fused-ring (bicyclic) bond motifs is 1. The molecule has 35 heavy (non-hydrogen) atoms. The van der Waals surface area contributed by atoms with Gasteiger partial charge in [0.25, 0.3) is 0 Å². The average molecular weight is 506 g/mol. The molecule has 2 aromatic carbocycles. The van der Waals surface area contributed by atoms with Crippen LogP contribution in [0.2, 0.25) is 0 Å². The van der Waals surface area contributed by atoms with Gasteiger partial charge >= 0.3 is 0 Å². The number of sulfonamides is 1. The van der Waals surface area contributed by atoms with Gasteiger partial charge in [0.05, 0.1) is 4.90 Å². The molecule has 0 radical (unpaired) electrons. The predicted molar refractivity (Wildman–Crippen MR) is 138 cm³/mol. The van der Waals surface area contributed by atoms with E-state index in [9.17, 15) is 8.42 Å². The smallest absolute Gasteiger partial charge is 0.228 e. The molecule has 5 rings (SSSR count). The summed E-state index contributed by atoms with van der Waals surface area (Å²) < 4.78 is 28.5. The molecule has 0 saturated carbocycles. The van der Waals surface area contributed by atoms with Crippen LogP contribution in [-0.2, 0) is 10.0 Å². The summed E-state index contributed by atoms with van der Waals surface area (Å²) in [5, 5.41) is 12.2. The van der Waals surface area contributed by atoms with E-state index >= 15 is 0 Å². The van der Waals surface area contributed by atoms with E-state index in [1.807, 2.05) is 63.2 Å². The minimum Gasteiger partial charge on any atom is -0.228 e. The largest absolute Gasteiger partial charge is 0.243 e. The summed E-state index contributed by atoms with van der Waals surface area (Å²) in [5.41, 5.74) is 3.90. The second kappa shape index (κ2) is 9.29. The molecule has 1 aliphatic rings. The van der Waals surface area contributed by atoms with Gasteiger partial charge in [-0.1, -0.05) is 43.3 Å². The SMILES string of the molecule is Cc1cc(C)nc(Sc2nnc(-c3ccc(C)c(S(=O)(=O)N4CCC(C)C4)c3)c3ccccc23)n1. The summed E-state index contributed by atoms with van der Waals surface area (Å²) in [7, 11) is -3.58. The lowest BCUT2D eigenvalue weighted by atomic mass is 10.0. The molecular formula is C26H27N5O2S2. The normalized spacial score (nSPS) is 16.7. The van der Waals surface area contributed by atoms with Gasteiger partial charge in [0, 0.05) is 40.8 Å². The summed E-state index contributed by atoms with van der Waals surface area (Å²) in [5.74, 6) is 0.370. The lowest BCUT2D eigenvalue weighted by Gasteiger charge is -2.18. The van der Waals surface area contributed by atoms with Crippen molar-refractivity contribution in [2.75, 3.05) is 13.1 Å². The van der Waals surface area contributed by atoms with Gasteiger partial charge in [-0.3, -0.25) is 0 Å². The van der Waals surface area contributed by atoms with Gasteiger partial charge in [0.1, 0.15) is 10.7 Å². The first-order valence-electron chi connectivity index (χ1n) is 11.6. The summed E-state index contributed by atoms with van der Waals surface area (Å²) in [4.78, 5) is 9.37. The minimum absolute atomic E-state index is 0.331. The van der Waals surface area contributed by atoms with Gasteiger partial charge in [-0.05, 0) is 62.6 Å². The Morgan fingerprint density at radius 2 is 1.66 bits per heavy atom. The highest BCUT2D eigenvalue weighted by atomic mass is 32.2. The maximum absolute atomic E-state index is 13.4. The van der Waals surface area contributed by atoms with Crippen LogP contribution in [0.15, 0.2) is 63.6 Å². The third-order valence-corrected chi connectivity index (χ3v) is 9.14. The van der Waals surface area contributed by atoms with Crippen molar-refractivity contribution in [2.45, 2.75) is 49.2 Å². The summed E-state index contributed by atoms with van der Waals surface area (Å²) in [6.07, 6.45) is 0.886. The summed E-state index contributed by atoms with van der Waals surface area (Å²) in [6, 6.07) is 15.3. The van der Waals surface area contributed by atoms with Crippen LogP contribution in [-0.4, -0.2) is 46.0 Å². The van der Waals surface area contributed by atoms with E-state index in [-0.39, 0.29) is 0 Å². The monoisotopic (exact) mass is 505 g/mol. The first-order valence-corrected chi connectivity index (χ1v) is 13.8. The molecule has 1 aliphatic heterocycles. The molecule has 1 atom stereocenters. The van der Waals surface area contributed by atoms with Crippen molar-refractivity contribution in [3.8, 4) is 11.3 Å². The second-order valence-electron chi connectivity index (χ2n) is 9.17. The van der Waals surface area contributed by atoms with Crippen LogP contribution in [0.1, 0.15) is 30.3 Å². The van der Waals surface area contributed by atoms with Crippen molar-refractivity contribution in [2.24, 2.45) is 5.92 Å². The molecule has 0 bridgehead atoms. The number of aryl methyl sites for hydroxylation is 3. The third-order valence-electron chi connectivity index (χ3n) is 6.27. The van der Waals surface area contributed by atoms with Crippen molar-refractivity contribution < 1.29 is 8.42 Å². The van der Waals surface area contributed by atoms with Crippen LogP contribution in [0.3, 0.4) is 0 Å². The quantitative estimate of drug-likeness (QED) is 0.345. The zero-order valence-electron chi connectivity index (χ0n) is 20.2. The highest BCUT2D eigenvalue weighted by molar-refractivity contribution is 7.99. The Balaban J connectivity index is 1.58. The van der Waals surface area contributed by atoms with Gasteiger partial charge < -0.3 is 0 Å². The van der Waals surface area contributed by atoms with E-state index in [0.29, 0.717) is 39.8 Å². The number of benzene rings is 2. The van der Waals surface area contributed by atoms with E-state index in [1.165, 1.54) is 11.8 Å². The van der Waals surface area contributed by atoms with E-state index in [2.05, 4.69) is 27.1 Å². The molecule has 9 heteroatoms. The fraction of sp³-hybridized carbons (Fsp3) is 0.308. The Labute approximate surface area is 210 Å².